The Balaban J connectivity index is 2.07. The van der Waals surface area contributed by atoms with Crippen molar-refractivity contribution in [1.29, 1.82) is 0 Å². The minimum Gasteiger partial charge on any atom is -0.278 e. The van der Waals surface area contributed by atoms with Crippen LogP contribution in [0, 0.1) is 20.8 Å². The van der Waals surface area contributed by atoms with Gasteiger partial charge in [0.25, 0.3) is 10.0 Å². The maximum atomic E-state index is 13.0. The van der Waals surface area contributed by atoms with Gasteiger partial charge in [0.05, 0.1) is 27.0 Å². The van der Waals surface area contributed by atoms with Gasteiger partial charge in [-0.1, -0.05) is 23.7 Å². The number of carbonyl (C=O) groups is 1. The molecule has 1 saturated heterocycles. The van der Waals surface area contributed by atoms with E-state index in [1.165, 1.54) is 18.2 Å². The molecule has 0 radical (unpaired) electrons. The van der Waals surface area contributed by atoms with Gasteiger partial charge in [0.1, 0.15) is 0 Å². The Bertz CT molecular complexity index is 1170. The highest BCUT2D eigenvalue weighted by Crippen LogP contribution is 2.33. The molecule has 0 saturated carbocycles. The van der Waals surface area contributed by atoms with Crippen molar-refractivity contribution in [1.82, 2.24) is 0 Å². The first-order valence-corrected chi connectivity index (χ1v) is 11.9. The van der Waals surface area contributed by atoms with Gasteiger partial charge in [-0.05, 0) is 55.7 Å². The van der Waals surface area contributed by atoms with Crippen LogP contribution in [0.5, 0.6) is 0 Å². The van der Waals surface area contributed by atoms with Crippen molar-refractivity contribution in [2.75, 3.05) is 14.8 Å². The van der Waals surface area contributed by atoms with Crippen molar-refractivity contribution < 1.29 is 21.6 Å². The molecule has 1 heterocycles. The van der Waals surface area contributed by atoms with Crippen LogP contribution in [0.2, 0.25) is 5.02 Å². The van der Waals surface area contributed by atoms with Crippen LogP contribution in [-0.2, 0) is 24.8 Å². The van der Waals surface area contributed by atoms with Crippen molar-refractivity contribution in [3.05, 3.63) is 52.0 Å². The van der Waals surface area contributed by atoms with Gasteiger partial charge in [-0.25, -0.2) is 21.1 Å². The molecule has 3 rings (SSSR count). The molecule has 1 fully saturated rings. The van der Waals surface area contributed by atoms with E-state index in [2.05, 4.69) is 4.72 Å². The van der Waals surface area contributed by atoms with Gasteiger partial charge in [-0.15, -0.1) is 0 Å². The Morgan fingerprint density at radius 1 is 1.07 bits per heavy atom. The molecule has 0 spiro atoms. The van der Waals surface area contributed by atoms with Gasteiger partial charge in [0.2, 0.25) is 15.9 Å². The normalized spacial score (nSPS) is 16.4. The fraction of sp³-hybridized carbons (Fsp3) is 0.278. The third-order valence-electron chi connectivity index (χ3n) is 4.44. The van der Waals surface area contributed by atoms with Gasteiger partial charge in [-0.3, -0.25) is 9.52 Å². The molecule has 1 amide bonds. The number of carbonyl (C=O) groups excluding carboxylic acids is 1. The monoisotopic (exact) mass is 442 g/mol. The summed E-state index contributed by atoms with van der Waals surface area (Å²) in [5.41, 5.74) is 2.20. The first kappa shape index (κ1) is 20.6. The number of rotatable bonds is 4. The number of halogens is 1. The summed E-state index contributed by atoms with van der Waals surface area (Å²) in [5, 5.41) is 0.257. The molecule has 150 valence electrons. The third-order valence-corrected chi connectivity index (χ3v) is 7.92. The number of sulfonamides is 2. The van der Waals surface area contributed by atoms with E-state index in [0.717, 1.165) is 5.56 Å². The standard InChI is InChI=1S/C18H19ClN2O5S2/c1-11-8-13(3)18(15(19)9-11)20-28(25,26)16-10-14(5-4-12(16)2)21-17(22)6-7-27(21,23)24/h4-5,8-10,20H,6-7H2,1-3H3. The van der Waals surface area contributed by atoms with Crippen molar-refractivity contribution in [3.8, 4) is 0 Å². The number of nitrogens with one attached hydrogen (secondary N) is 1. The number of hydrogen-bond donors (Lipinski definition) is 1. The zero-order valence-corrected chi connectivity index (χ0v) is 17.9. The smallest absolute Gasteiger partial charge is 0.262 e. The Morgan fingerprint density at radius 2 is 1.75 bits per heavy atom. The molecular formula is C18H19ClN2O5S2. The quantitative estimate of drug-likeness (QED) is 0.783. The molecule has 2 aromatic rings. The Morgan fingerprint density at radius 3 is 2.32 bits per heavy atom. The summed E-state index contributed by atoms with van der Waals surface area (Å²) < 4.78 is 53.4. The van der Waals surface area contributed by atoms with Crippen LogP contribution in [0.1, 0.15) is 23.1 Å². The number of amides is 1. The Kier molecular flexibility index (Phi) is 5.20. The molecule has 0 aromatic heterocycles. The first-order valence-electron chi connectivity index (χ1n) is 8.38. The SMILES string of the molecule is Cc1cc(C)c(NS(=O)(=O)c2cc(N3C(=O)CCS3(=O)=O)ccc2C)c(Cl)c1. The highest BCUT2D eigenvalue weighted by atomic mass is 35.5. The van der Waals surface area contributed by atoms with Crippen molar-refractivity contribution >= 4 is 48.9 Å². The molecular weight excluding hydrogens is 424 g/mol. The summed E-state index contributed by atoms with van der Waals surface area (Å²) in [6.45, 7) is 5.16. The average molecular weight is 443 g/mol. The minimum atomic E-state index is -4.08. The molecule has 0 aliphatic carbocycles. The fourth-order valence-electron chi connectivity index (χ4n) is 3.11. The van der Waals surface area contributed by atoms with Crippen LogP contribution in [0.25, 0.3) is 0 Å². The molecule has 0 bridgehead atoms. The van der Waals surface area contributed by atoms with E-state index in [4.69, 9.17) is 11.6 Å². The lowest BCUT2D eigenvalue weighted by atomic mass is 10.1. The van der Waals surface area contributed by atoms with E-state index in [0.29, 0.717) is 15.4 Å². The summed E-state index contributed by atoms with van der Waals surface area (Å²) in [6, 6.07) is 7.51. The van der Waals surface area contributed by atoms with Crippen molar-refractivity contribution in [2.45, 2.75) is 32.1 Å². The van der Waals surface area contributed by atoms with Crippen LogP contribution < -0.4 is 9.03 Å². The maximum absolute atomic E-state index is 13.0. The van der Waals surface area contributed by atoms with Gasteiger partial charge >= 0.3 is 0 Å². The third kappa shape index (κ3) is 3.74. The van der Waals surface area contributed by atoms with E-state index >= 15 is 0 Å². The Labute approximate surface area is 169 Å². The maximum Gasteiger partial charge on any atom is 0.262 e. The zero-order chi connectivity index (χ0) is 20.9. The lowest BCUT2D eigenvalue weighted by molar-refractivity contribution is -0.116. The summed E-state index contributed by atoms with van der Waals surface area (Å²) in [6.07, 6.45) is -0.130. The van der Waals surface area contributed by atoms with Gasteiger partial charge in [-0.2, -0.15) is 0 Å². The van der Waals surface area contributed by atoms with Crippen LogP contribution in [0.15, 0.2) is 35.2 Å². The average Bonchev–Trinajstić information content (AvgIpc) is 2.85. The second-order valence-electron chi connectivity index (χ2n) is 6.72. The predicted molar refractivity (Wildman–Crippen MR) is 109 cm³/mol. The molecule has 2 aromatic carbocycles. The van der Waals surface area contributed by atoms with Crippen molar-refractivity contribution in [3.63, 3.8) is 0 Å². The van der Waals surface area contributed by atoms with Crippen LogP contribution in [0.4, 0.5) is 11.4 Å². The molecule has 7 nitrogen and oxygen atoms in total. The van der Waals surface area contributed by atoms with Crippen LogP contribution in [-0.4, -0.2) is 28.5 Å². The van der Waals surface area contributed by atoms with Crippen LogP contribution >= 0.6 is 11.6 Å². The number of aryl methyl sites for hydroxylation is 3. The molecule has 1 N–H and O–H groups in total. The molecule has 28 heavy (non-hydrogen) atoms. The van der Waals surface area contributed by atoms with Crippen molar-refractivity contribution in [2.24, 2.45) is 0 Å². The summed E-state index contributed by atoms with van der Waals surface area (Å²) in [7, 11) is -7.87. The van der Waals surface area contributed by atoms with E-state index in [1.807, 2.05) is 6.92 Å². The van der Waals surface area contributed by atoms with E-state index in [1.54, 1.807) is 26.0 Å². The largest absolute Gasteiger partial charge is 0.278 e. The summed E-state index contributed by atoms with van der Waals surface area (Å²) in [4.78, 5) is 11.9. The topological polar surface area (TPSA) is 101 Å². The van der Waals surface area contributed by atoms with Crippen LogP contribution in [0.3, 0.4) is 0 Å². The molecule has 1 aliphatic rings. The fourth-order valence-corrected chi connectivity index (χ4v) is 6.40. The van der Waals surface area contributed by atoms with E-state index < -0.39 is 26.0 Å². The number of hydrogen-bond acceptors (Lipinski definition) is 5. The highest BCUT2D eigenvalue weighted by Gasteiger charge is 2.37. The zero-order valence-electron chi connectivity index (χ0n) is 15.5. The highest BCUT2D eigenvalue weighted by molar-refractivity contribution is 7.94. The second kappa shape index (κ2) is 7.06. The number of anilines is 2. The Hall–Kier alpha value is -2.10. The summed E-state index contributed by atoms with van der Waals surface area (Å²) in [5.74, 6) is -0.879. The molecule has 10 heteroatoms. The lowest BCUT2D eigenvalue weighted by Gasteiger charge is -2.18. The van der Waals surface area contributed by atoms with E-state index in [9.17, 15) is 21.6 Å². The molecule has 1 aliphatic heterocycles. The van der Waals surface area contributed by atoms with Gasteiger partial charge < -0.3 is 0 Å². The van der Waals surface area contributed by atoms with Gasteiger partial charge in [0, 0.05) is 6.42 Å². The minimum absolute atomic E-state index is 0.000185. The second-order valence-corrected chi connectivity index (χ2v) is 10.7. The molecule has 0 atom stereocenters. The number of benzene rings is 2. The number of nitrogens with zero attached hydrogens (tertiary/aromatic N) is 1. The first-order chi connectivity index (χ1) is 12.9. The predicted octanol–water partition coefficient (Wildman–Crippen LogP) is 3.13. The van der Waals surface area contributed by atoms with Gasteiger partial charge in [0.15, 0.2) is 0 Å². The van der Waals surface area contributed by atoms with E-state index in [-0.39, 0.29) is 33.5 Å². The lowest BCUT2D eigenvalue weighted by Crippen LogP contribution is -2.29. The molecule has 0 unspecified atom stereocenters. The summed E-state index contributed by atoms with van der Waals surface area (Å²) >= 11 is 6.20.